The quantitative estimate of drug-likeness (QED) is 0.683. The number of aliphatic imine (C=N–C) groups is 1. The summed E-state index contributed by atoms with van der Waals surface area (Å²) in [5.74, 6) is 8.37. The van der Waals surface area contributed by atoms with Gasteiger partial charge in [-0.25, -0.2) is 9.98 Å². The van der Waals surface area contributed by atoms with E-state index in [1.807, 2.05) is 18.2 Å². The predicted octanol–water partition coefficient (Wildman–Crippen LogP) is 4.15. The molecule has 0 bridgehead atoms. The van der Waals surface area contributed by atoms with Gasteiger partial charge in [-0.1, -0.05) is 25.0 Å². The molecule has 2 aliphatic rings. The molecule has 24 heavy (non-hydrogen) atoms. The molecule has 3 nitrogen and oxygen atoms in total. The van der Waals surface area contributed by atoms with E-state index in [4.69, 9.17) is 4.99 Å². The molecule has 0 radical (unpaired) electrons. The minimum Gasteiger partial charge on any atom is -0.356 e. The predicted molar refractivity (Wildman–Crippen MR) is 97.2 cm³/mol. The van der Waals surface area contributed by atoms with E-state index in [2.05, 4.69) is 46.8 Å². The van der Waals surface area contributed by atoms with Crippen LogP contribution in [-0.2, 0) is 6.54 Å². The van der Waals surface area contributed by atoms with Crippen molar-refractivity contribution < 1.29 is 0 Å². The molecule has 3 heterocycles. The molecule has 2 aliphatic heterocycles. The summed E-state index contributed by atoms with van der Waals surface area (Å²) in [5.41, 5.74) is 4.19. The lowest BCUT2D eigenvalue weighted by molar-refractivity contribution is 0.380. The topological polar surface area (TPSA) is 28.5 Å². The molecule has 3 heteroatoms. The van der Waals surface area contributed by atoms with Crippen molar-refractivity contribution in [3.63, 3.8) is 0 Å². The molecule has 0 N–H and O–H groups in total. The van der Waals surface area contributed by atoms with E-state index in [0.717, 1.165) is 42.4 Å². The molecule has 4 rings (SSSR count). The maximum absolute atomic E-state index is 4.94. The van der Waals surface area contributed by atoms with Crippen molar-refractivity contribution in [3.8, 4) is 11.8 Å². The van der Waals surface area contributed by atoms with E-state index in [1.165, 1.54) is 24.2 Å². The highest BCUT2D eigenvalue weighted by atomic mass is 15.2. The SMILES string of the molecule is CC1CCC2=Nc3cc(C#Cc4ccccn4)ccc3CN2CC1. The number of rotatable bonds is 0. The van der Waals surface area contributed by atoms with Crippen LogP contribution < -0.4 is 0 Å². The highest BCUT2D eigenvalue weighted by Crippen LogP contribution is 2.31. The molecule has 1 saturated heterocycles. The van der Waals surface area contributed by atoms with Crippen molar-refractivity contribution in [2.45, 2.75) is 32.7 Å². The number of benzene rings is 1. The third-order valence-corrected chi connectivity index (χ3v) is 4.81. The van der Waals surface area contributed by atoms with Crippen LogP contribution in [0.1, 0.15) is 43.0 Å². The summed E-state index contributed by atoms with van der Waals surface area (Å²) in [6.45, 7) is 4.45. The molecular weight excluding hydrogens is 294 g/mol. The smallest absolute Gasteiger partial charge is 0.113 e. The summed E-state index contributed by atoms with van der Waals surface area (Å²) in [5, 5.41) is 0. The van der Waals surface area contributed by atoms with Gasteiger partial charge in [0.2, 0.25) is 0 Å². The second kappa shape index (κ2) is 6.49. The van der Waals surface area contributed by atoms with E-state index in [0.29, 0.717) is 0 Å². The Hall–Kier alpha value is -2.60. The largest absolute Gasteiger partial charge is 0.356 e. The van der Waals surface area contributed by atoms with Crippen LogP contribution in [0.25, 0.3) is 0 Å². The normalized spacial score (nSPS) is 19.3. The third-order valence-electron chi connectivity index (χ3n) is 4.81. The van der Waals surface area contributed by atoms with E-state index in [-0.39, 0.29) is 0 Å². The van der Waals surface area contributed by atoms with Gasteiger partial charge in [-0.2, -0.15) is 0 Å². The molecule has 1 aromatic heterocycles. The van der Waals surface area contributed by atoms with E-state index in [9.17, 15) is 0 Å². The fourth-order valence-electron chi connectivity index (χ4n) is 3.28. The van der Waals surface area contributed by atoms with Crippen molar-refractivity contribution in [3.05, 3.63) is 59.4 Å². The zero-order chi connectivity index (χ0) is 16.4. The minimum atomic E-state index is 0.793. The number of hydrogen-bond acceptors (Lipinski definition) is 3. The summed E-state index contributed by atoms with van der Waals surface area (Å²) in [6.07, 6.45) is 5.36. The Kier molecular flexibility index (Phi) is 4.04. The van der Waals surface area contributed by atoms with Crippen LogP contribution in [0.4, 0.5) is 5.69 Å². The van der Waals surface area contributed by atoms with Gasteiger partial charge in [0.1, 0.15) is 11.5 Å². The minimum absolute atomic E-state index is 0.793. The lowest BCUT2D eigenvalue weighted by Crippen LogP contribution is -2.32. The number of pyridine rings is 1. The van der Waals surface area contributed by atoms with Gasteiger partial charge >= 0.3 is 0 Å². The average molecular weight is 315 g/mol. The van der Waals surface area contributed by atoms with Crippen LogP contribution in [0, 0.1) is 17.8 Å². The van der Waals surface area contributed by atoms with Crippen LogP contribution in [0.3, 0.4) is 0 Å². The molecule has 1 unspecified atom stereocenters. The number of nitrogens with zero attached hydrogens (tertiary/aromatic N) is 3. The Morgan fingerprint density at radius 3 is 2.96 bits per heavy atom. The Balaban J connectivity index is 1.61. The molecule has 120 valence electrons. The van der Waals surface area contributed by atoms with Gasteiger partial charge in [0.15, 0.2) is 0 Å². The van der Waals surface area contributed by atoms with Crippen molar-refractivity contribution >= 4 is 11.5 Å². The Morgan fingerprint density at radius 2 is 2.08 bits per heavy atom. The maximum Gasteiger partial charge on any atom is 0.113 e. The Morgan fingerprint density at radius 1 is 1.12 bits per heavy atom. The first-order chi connectivity index (χ1) is 11.8. The second-order valence-corrected chi connectivity index (χ2v) is 6.69. The maximum atomic E-state index is 4.94. The molecular formula is C21H21N3. The summed E-state index contributed by atoms with van der Waals surface area (Å²) in [7, 11) is 0. The van der Waals surface area contributed by atoms with Crippen LogP contribution in [0.15, 0.2) is 47.6 Å². The number of amidine groups is 1. The van der Waals surface area contributed by atoms with Gasteiger partial charge in [-0.3, -0.25) is 0 Å². The van der Waals surface area contributed by atoms with Crippen molar-refractivity contribution in [2.75, 3.05) is 6.54 Å². The molecule has 0 saturated carbocycles. The van der Waals surface area contributed by atoms with Gasteiger partial charge in [0.25, 0.3) is 0 Å². The van der Waals surface area contributed by atoms with Gasteiger partial charge in [0.05, 0.1) is 5.69 Å². The summed E-state index contributed by atoms with van der Waals surface area (Å²) in [6, 6.07) is 12.2. The first kappa shape index (κ1) is 15.0. The lowest BCUT2D eigenvalue weighted by Gasteiger charge is -2.29. The fraction of sp³-hybridized carbons (Fsp3) is 0.333. The lowest BCUT2D eigenvalue weighted by atomic mass is 10.0. The summed E-state index contributed by atoms with van der Waals surface area (Å²) >= 11 is 0. The monoisotopic (exact) mass is 315 g/mol. The van der Waals surface area contributed by atoms with Gasteiger partial charge < -0.3 is 4.90 Å². The van der Waals surface area contributed by atoms with Gasteiger partial charge in [0, 0.05) is 31.3 Å². The third kappa shape index (κ3) is 3.19. The van der Waals surface area contributed by atoms with Crippen LogP contribution >= 0.6 is 0 Å². The molecule has 0 spiro atoms. The highest BCUT2D eigenvalue weighted by molar-refractivity contribution is 5.87. The number of aromatic nitrogens is 1. The van der Waals surface area contributed by atoms with Gasteiger partial charge in [-0.15, -0.1) is 0 Å². The van der Waals surface area contributed by atoms with E-state index < -0.39 is 0 Å². The van der Waals surface area contributed by atoms with Crippen molar-refractivity contribution in [1.29, 1.82) is 0 Å². The summed E-state index contributed by atoms with van der Waals surface area (Å²) < 4.78 is 0. The zero-order valence-corrected chi connectivity index (χ0v) is 14.0. The van der Waals surface area contributed by atoms with Crippen LogP contribution in [0.5, 0.6) is 0 Å². The molecule has 1 aromatic carbocycles. The van der Waals surface area contributed by atoms with Crippen molar-refractivity contribution in [1.82, 2.24) is 9.88 Å². The Labute approximate surface area is 143 Å². The molecule has 0 amide bonds. The Bertz CT molecular complexity index is 827. The van der Waals surface area contributed by atoms with Crippen LogP contribution in [0.2, 0.25) is 0 Å². The standard InChI is InChI=1S/C21H21N3/c1-16-5-10-21-23-20-14-17(7-9-19-4-2-3-12-22-19)6-8-18(20)15-24(21)13-11-16/h2-4,6,8,12,14,16H,5,10-11,13,15H2,1H3. The van der Waals surface area contributed by atoms with E-state index >= 15 is 0 Å². The van der Waals surface area contributed by atoms with Gasteiger partial charge in [-0.05, 0) is 54.5 Å². The molecule has 1 atom stereocenters. The number of hydrogen-bond donors (Lipinski definition) is 0. The second-order valence-electron chi connectivity index (χ2n) is 6.69. The first-order valence-electron chi connectivity index (χ1n) is 8.66. The summed E-state index contributed by atoms with van der Waals surface area (Å²) in [4.78, 5) is 11.6. The van der Waals surface area contributed by atoms with Crippen molar-refractivity contribution in [2.24, 2.45) is 10.9 Å². The zero-order valence-electron chi connectivity index (χ0n) is 14.0. The molecule has 1 fully saturated rings. The van der Waals surface area contributed by atoms with E-state index in [1.54, 1.807) is 6.20 Å². The molecule has 0 aliphatic carbocycles. The first-order valence-corrected chi connectivity index (χ1v) is 8.66. The molecule has 2 aromatic rings. The van der Waals surface area contributed by atoms with Crippen LogP contribution in [-0.4, -0.2) is 22.3 Å². The number of fused-ring (bicyclic) bond motifs is 2. The fourth-order valence-corrected chi connectivity index (χ4v) is 3.28. The highest BCUT2D eigenvalue weighted by Gasteiger charge is 2.23. The average Bonchev–Trinajstić information content (AvgIpc) is 2.80.